The summed E-state index contributed by atoms with van der Waals surface area (Å²) in [6.45, 7) is 9.47. The van der Waals surface area contributed by atoms with Crippen molar-refractivity contribution in [2.75, 3.05) is 24.6 Å². The molecule has 1 heterocycles. The van der Waals surface area contributed by atoms with E-state index in [-0.39, 0.29) is 17.7 Å². The predicted octanol–water partition coefficient (Wildman–Crippen LogP) is 4.35. The molecule has 29 heavy (non-hydrogen) atoms. The summed E-state index contributed by atoms with van der Waals surface area (Å²) < 4.78 is 5.52. The largest absolute Gasteiger partial charge is 0.494 e. The number of carbonyl (C=O) groups is 2. The lowest BCUT2D eigenvalue weighted by atomic mass is 10.0. The summed E-state index contributed by atoms with van der Waals surface area (Å²) >= 11 is 0. The van der Waals surface area contributed by atoms with Crippen LogP contribution in [0.25, 0.3) is 5.57 Å². The minimum Gasteiger partial charge on any atom is -0.494 e. The van der Waals surface area contributed by atoms with Gasteiger partial charge in [-0.15, -0.1) is 0 Å². The second kappa shape index (κ2) is 8.95. The first kappa shape index (κ1) is 20.6. The number of hydrogen-bond donors (Lipinski definition) is 0. The van der Waals surface area contributed by atoms with Crippen LogP contribution < -0.4 is 9.64 Å². The Bertz CT molecular complexity index is 901. The molecule has 0 atom stereocenters. The molecule has 2 aromatic carbocycles. The summed E-state index contributed by atoms with van der Waals surface area (Å²) in [5.74, 6) is 0.454. The third kappa shape index (κ3) is 4.19. The van der Waals surface area contributed by atoms with E-state index in [0.717, 1.165) is 17.0 Å². The molecule has 0 spiro atoms. The zero-order valence-corrected chi connectivity index (χ0v) is 17.5. The molecule has 1 aliphatic rings. The topological polar surface area (TPSA) is 49.9 Å². The maximum atomic E-state index is 13.4. The lowest BCUT2D eigenvalue weighted by molar-refractivity contribution is -0.137. The fourth-order valence-corrected chi connectivity index (χ4v) is 3.57. The zero-order valence-electron chi connectivity index (χ0n) is 17.5. The highest BCUT2D eigenvalue weighted by Gasteiger charge is 2.41. The number of hydrogen-bond acceptors (Lipinski definition) is 4. The van der Waals surface area contributed by atoms with Crippen molar-refractivity contribution in [1.29, 1.82) is 0 Å². The van der Waals surface area contributed by atoms with E-state index in [0.29, 0.717) is 31.0 Å². The summed E-state index contributed by atoms with van der Waals surface area (Å²) in [6, 6.07) is 17.1. The zero-order chi connectivity index (χ0) is 21.0. The van der Waals surface area contributed by atoms with Crippen LogP contribution in [0.4, 0.5) is 5.69 Å². The van der Waals surface area contributed by atoms with Gasteiger partial charge in [-0.05, 0) is 49.6 Å². The fraction of sp³-hybridized carbons (Fsp3) is 0.333. The van der Waals surface area contributed by atoms with E-state index >= 15 is 0 Å². The Kier molecular flexibility index (Phi) is 6.37. The van der Waals surface area contributed by atoms with Gasteiger partial charge in [-0.2, -0.15) is 0 Å². The van der Waals surface area contributed by atoms with Gasteiger partial charge < -0.3 is 9.64 Å². The van der Waals surface area contributed by atoms with Crippen LogP contribution in [-0.2, 0) is 9.59 Å². The first-order valence-corrected chi connectivity index (χ1v) is 10.1. The van der Waals surface area contributed by atoms with Crippen molar-refractivity contribution >= 4 is 23.1 Å². The number of amides is 2. The molecule has 0 N–H and O–H groups in total. The molecular weight excluding hydrogens is 364 g/mol. The van der Waals surface area contributed by atoms with Gasteiger partial charge in [0.1, 0.15) is 11.4 Å². The highest BCUT2D eigenvalue weighted by atomic mass is 16.5. The lowest BCUT2D eigenvalue weighted by Crippen LogP contribution is -2.37. The summed E-state index contributed by atoms with van der Waals surface area (Å²) in [5.41, 5.74) is 2.50. The second-order valence-electron chi connectivity index (χ2n) is 7.38. The molecule has 5 heteroatoms. The number of benzene rings is 2. The molecule has 0 unspecified atom stereocenters. The summed E-state index contributed by atoms with van der Waals surface area (Å²) in [4.78, 5) is 30.0. The SMILES string of the molecule is CCOc1ccc(C2=C(N(CC)c3ccccc3)C(=O)N(CC(C)C)C2=O)cc1. The van der Waals surface area contributed by atoms with E-state index in [1.54, 1.807) is 0 Å². The highest BCUT2D eigenvalue weighted by Crippen LogP contribution is 2.35. The average molecular weight is 392 g/mol. The minimum atomic E-state index is -0.239. The standard InChI is InChI=1S/C24H28N2O3/c1-5-25(19-10-8-7-9-11-19)22-21(18-12-14-20(15-13-18)29-6-2)23(27)26(24(22)28)16-17(3)4/h7-15,17H,5-6,16H2,1-4H3. The Morgan fingerprint density at radius 1 is 0.931 bits per heavy atom. The van der Waals surface area contributed by atoms with Crippen LogP contribution in [-0.4, -0.2) is 36.4 Å². The van der Waals surface area contributed by atoms with Crippen LogP contribution >= 0.6 is 0 Å². The number of anilines is 1. The molecule has 0 saturated carbocycles. The summed E-state index contributed by atoms with van der Waals surface area (Å²) in [5, 5.41) is 0. The quantitative estimate of drug-likeness (QED) is 0.627. The van der Waals surface area contributed by atoms with E-state index in [9.17, 15) is 9.59 Å². The van der Waals surface area contributed by atoms with Gasteiger partial charge in [-0.1, -0.05) is 44.2 Å². The number of likely N-dealkylation sites (N-methyl/N-ethyl adjacent to an activating group) is 1. The van der Waals surface area contributed by atoms with Crippen LogP contribution in [0, 0.1) is 5.92 Å². The van der Waals surface area contributed by atoms with E-state index < -0.39 is 0 Å². The molecule has 3 rings (SSSR count). The van der Waals surface area contributed by atoms with E-state index in [1.165, 1.54) is 4.90 Å². The first-order chi connectivity index (χ1) is 14.0. The van der Waals surface area contributed by atoms with Crippen molar-refractivity contribution in [3.05, 3.63) is 65.9 Å². The van der Waals surface area contributed by atoms with Crippen molar-refractivity contribution in [3.8, 4) is 5.75 Å². The van der Waals surface area contributed by atoms with Gasteiger partial charge >= 0.3 is 0 Å². The van der Waals surface area contributed by atoms with Crippen molar-refractivity contribution in [2.24, 2.45) is 5.92 Å². The van der Waals surface area contributed by atoms with Gasteiger partial charge in [0.2, 0.25) is 0 Å². The van der Waals surface area contributed by atoms with Crippen molar-refractivity contribution in [1.82, 2.24) is 4.90 Å². The number of rotatable bonds is 8. The number of ether oxygens (including phenoxy) is 1. The van der Waals surface area contributed by atoms with Crippen LogP contribution in [0.15, 0.2) is 60.3 Å². The monoisotopic (exact) mass is 392 g/mol. The molecule has 0 radical (unpaired) electrons. The predicted molar refractivity (Wildman–Crippen MR) is 116 cm³/mol. The van der Waals surface area contributed by atoms with Crippen LogP contribution in [0.1, 0.15) is 33.3 Å². The van der Waals surface area contributed by atoms with Crippen molar-refractivity contribution in [3.63, 3.8) is 0 Å². The lowest BCUT2D eigenvalue weighted by Gasteiger charge is -2.25. The average Bonchev–Trinajstić information content (AvgIpc) is 2.95. The maximum Gasteiger partial charge on any atom is 0.278 e. The maximum absolute atomic E-state index is 13.4. The Labute approximate surface area is 172 Å². The fourth-order valence-electron chi connectivity index (χ4n) is 3.57. The van der Waals surface area contributed by atoms with Gasteiger partial charge in [0.25, 0.3) is 11.8 Å². The van der Waals surface area contributed by atoms with Gasteiger partial charge in [-0.25, -0.2) is 0 Å². The Morgan fingerprint density at radius 3 is 2.14 bits per heavy atom. The molecule has 0 aliphatic carbocycles. The van der Waals surface area contributed by atoms with E-state index in [2.05, 4.69) is 0 Å². The third-order valence-corrected chi connectivity index (χ3v) is 4.80. The number of carbonyl (C=O) groups excluding carboxylic acids is 2. The normalized spacial score (nSPS) is 14.2. The molecule has 2 aromatic rings. The van der Waals surface area contributed by atoms with E-state index in [4.69, 9.17) is 4.74 Å². The Balaban J connectivity index is 2.12. The summed E-state index contributed by atoms with van der Waals surface area (Å²) in [7, 11) is 0. The second-order valence-corrected chi connectivity index (χ2v) is 7.38. The Morgan fingerprint density at radius 2 is 1.59 bits per heavy atom. The number of imide groups is 1. The van der Waals surface area contributed by atoms with Crippen molar-refractivity contribution in [2.45, 2.75) is 27.7 Å². The first-order valence-electron chi connectivity index (χ1n) is 10.1. The van der Waals surface area contributed by atoms with Crippen molar-refractivity contribution < 1.29 is 14.3 Å². The third-order valence-electron chi connectivity index (χ3n) is 4.80. The molecular formula is C24H28N2O3. The van der Waals surface area contributed by atoms with Crippen LogP contribution in [0.3, 0.4) is 0 Å². The highest BCUT2D eigenvalue weighted by molar-refractivity contribution is 6.36. The van der Waals surface area contributed by atoms with Gasteiger partial charge in [0.15, 0.2) is 0 Å². The van der Waals surface area contributed by atoms with Crippen LogP contribution in [0.5, 0.6) is 5.75 Å². The molecule has 2 amide bonds. The Hall–Kier alpha value is -3.08. The minimum absolute atomic E-state index is 0.190. The van der Waals surface area contributed by atoms with Gasteiger partial charge in [-0.3, -0.25) is 14.5 Å². The van der Waals surface area contributed by atoms with Gasteiger partial charge in [0.05, 0.1) is 12.2 Å². The van der Waals surface area contributed by atoms with E-state index in [1.807, 2.05) is 87.2 Å². The summed E-state index contributed by atoms with van der Waals surface area (Å²) in [6.07, 6.45) is 0. The number of nitrogens with zero attached hydrogens (tertiary/aromatic N) is 2. The molecule has 0 aromatic heterocycles. The smallest absolute Gasteiger partial charge is 0.278 e. The van der Waals surface area contributed by atoms with Gasteiger partial charge in [0, 0.05) is 18.8 Å². The number of para-hydroxylation sites is 1. The molecule has 0 saturated heterocycles. The molecule has 5 nitrogen and oxygen atoms in total. The molecule has 0 fully saturated rings. The molecule has 0 bridgehead atoms. The molecule has 152 valence electrons. The molecule has 1 aliphatic heterocycles. The van der Waals surface area contributed by atoms with Crippen LogP contribution in [0.2, 0.25) is 0 Å².